The fraction of sp³-hybridized carbons (Fsp3) is 0.909. The van der Waals surface area contributed by atoms with Crippen LogP contribution in [0.1, 0.15) is 39.5 Å². The largest absolute Gasteiger partial charge is 0.370 e. The van der Waals surface area contributed by atoms with Crippen molar-refractivity contribution >= 4 is 5.96 Å². The Bertz CT molecular complexity index is 247. The third-order valence-corrected chi connectivity index (χ3v) is 3.77. The molecule has 2 rings (SSSR count). The van der Waals surface area contributed by atoms with Gasteiger partial charge in [0.1, 0.15) is 0 Å². The summed E-state index contributed by atoms with van der Waals surface area (Å²) in [4.78, 5) is 4.29. The predicted octanol–water partition coefficient (Wildman–Crippen LogP) is 1.49. The highest BCUT2D eigenvalue weighted by Gasteiger charge is 2.40. The Morgan fingerprint density at radius 3 is 2.93 bits per heavy atom. The summed E-state index contributed by atoms with van der Waals surface area (Å²) in [5, 5.41) is 3.38. The lowest BCUT2D eigenvalue weighted by Crippen LogP contribution is -2.51. The van der Waals surface area contributed by atoms with E-state index in [2.05, 4.69) is 24.2 Å². The topological polar surface area (TPSA) is 50.4 Å². The van der Waals surface area contributed by atoms with Crippen LogP contribution in [0.25, 0.3) is 0 Å². The smallest absolute Gasteiger partial charge is 0.189 e. The molecule has 3 nitrogen and oxygen atoms in total. The molecule has 1 spiro atoms. The van der Waals surface area contributed by atoms with E-state index < -0.39 is 0 Å². The van der Waals surface area contributed by atoms with Gasteiger partial charge in [0.05, 0.1) is 12.1 Å². The Labute approximate surface area is 86.2 Å². The molecule has 80 valence electrons. The first kappa shape index (κ1) is 9.81. The first-order chi connectivity index (χ1) is 6.61. The minimum Gasteiger partial charge on any atom is -0.370 e. The maximum Gasteiger partial charge on any atom is 0.189 e. The van der Waals surface area contributed by atoms with E-state index in [0.717, 1.165) is 18.4 Å². The van der Waals surface area contributed by atoms with E-state index in [1.807, 2.05) is 0 Å². The van der Waals surface area contributed by atoms with E-state index in [9.17, 15) is 0 Å². The molecule has 2 aliphatic rings. The van der Waals surface area contributed by atoms with E-state index in [-0.39, 0.29) is 5.54 Å². The lowest BCUT2D eigenvalue weighted by atomic mass is 9.72. The summed E-state index contributed by atoms with van der Waals surface area (Å²) in [5.74, 6) is 2.28. The van der Waals surface area contributed by atoms with Gasteiger partial charge in [-0.3, -0.25) is 4.99 Å². The van der Waals surface area contributed by atoms with Crippen LogP contribution in [0, 0.1) is 11.8 Å². The van der Waals surface area contributed by atoms with Crippen molar-refractivity contribution in [2.45, 2.75) is 45.1 Å². The van der Waals surface area contributed by atoms with Crippen LogP contribution < -0.4 is 11.1 Å². The van der Waals surface area contributed by atoms with Crippen molar-refractivity contribution in [2.24, 2.45) is 22.6 Å². The van der Waals surface area contributed by atoms with Gasteiger partial charge in [0.25, 0.3) is 0 Å². The van der Waals surface area contributed by atoms with Crippen molar-refractivity contribution in [3.05, 3.63) is 0 Å². The normalized spacial score (nSPS) is 37.4. The fourth-order valence-electron chi connectivity index (χ4n) is 2.82. The fourth-order valence-corrected chi connectivity index (χ4v) is 2.82. The minimum absolute atomic E-state index is 0.220. The second-order valence-electron chi connectivity index (χ2n) is 5.21. The monoisotopic (exact) mass is 195 g/mol. The molecule has 1 heterocycles. The van der Waals surface area contributed by atoms with Gasteiger partial charge in [-0.25, -0.2) is 0 Å². The Morgan fingerprint density at radius 1 is 1.57 bits per heavy atom. The number of hydrogen-bond acceptors (Lipinski definition) is 3. The van der Waals surface area contributed by atoms with E-state index >= 15 is 0 Å². The van der Waals surface area contributed by atoms with Crippen LogP contribution in [0.2, 0.25) is 0 Å². The molecular formula is C11H21N3. The second kappa shape index (κ2) is 3.44. The highest BCUT2D eigenvalue weighted by atomic mass is 15.2. The van der Waals surface area contributed by atoms with Gasteiger partial charge in [0.2, 0.25) is 0 Å². The zero-order valence-electron chi connectivity index (χ0n) is 9.21. The van der Waals surface area contributed by atoms with E-state index in [1.54, 1.807) is 0 Å². The Kier molecular flexibility index (Phi) is 2.41. The number of rotatable bonds is 1. The number of aliphatic imine (C=N–C) groups is 1. The summed E-state index contributed by atoms with van der Waals surface area (Å²) in [6.45, 7) is 5.54. The molecule has 3 N–H and O–H groups in total. The molecule has 0 radical (unpaired) electrons. The van der Waals surface area contributed by atoms with Crippen LogP contribution in [0.4, 0.5) is 0 Å². The maximum atomic E-state index is 5.70. The van der Waals surface area contributed by atoms with Crippen molar-refractivity contribution in [1.82, 2.24) is 5.32 Å². The molecule has 2 atom stereocenters. The molecule has 2 unspecified atom stereocenters. The SMILES string of the molecule is CC(C)C1CCCC2(CN=C(N)N2)C1. The van der Waals surface area contributed by atoms with Gasteiger partial charge in [-0.05, 0) is 24.7 Å². The molecule has 1 fully saturated rings. The second-order valence-corrected chi connectivity index (χ2v) is 5.21. The van der Waals surface area contributed by atoms with Crippen molar-refractivity contribution in [3.8, 4) is 0 Å². The zero-order valence-corrected chi connectivity index (χ0v) is 9.21. The number of nitrogens with zero attached hydrogens (tertiary/aromatic N) is 1. The van der Waals surface area contributed by atoms with Crippen molar-refractivity contribution in [2.75, 3.05) is 6.54 Å². The van der Waals surface area contributed by atoms with Crippen LogP contribution >= 0.6 is 0 Å². The third-order valence-electron chi connectivity index (χ3n) is 3.77. The van der Waals surface area contributed by atoms with E-state index in [1.165, 1.54) is 25.7 Å². The van der Waals surface area contributed by atoms with Crippen LogP contribution in [0.15, 0.2) is 4.99 Å². The lowest BCUT2D eigenvalue weighted by molar-refractivity contribution is 0.179. The minimum atomic E-state index is 0.220. The summed E-state index contributed by atoms with van der Waals surface area (Å²) < 4.78 is 0. The number of guanidine groups is 1. The summed E-state index contributed by atoms with van der Waals surface area (Å²) in [6, 6.07) is 0. The Hall–Kier alpha value is -0.730. The Balaban J connectivity index is 2.01. The molecule has 0 bridgehead atoms. The van der Waals surface area contributed by atoms with Gasteiger partial charge < -0.3 is 11.1 Å². The third kappa shape index (κ3) is 1.72. The quantitative estimate of drug-likeness (QED) is 0.666. The van der Waals surface area contributed by atoms with Crippen LogP contribution in [-0.4, -0.2) is 18.0 Å². The van der Waals surface area contributed by atoms with Crippen LogP contribution in [0.5, 0.6) is 0 Å². The van der Waals surface area contributed by atoms with Crippen molar-refractivity contribution < 1.29 is 0 Å². The molecule has 1 saturated carbocycles. The van der Waals surface area contributed by atoms with Gasteiger partial charge in [-0.15, -0.1) is 0 Å². The standard InChI is InChI=1S/C11H21N3/c1-8(2)9-4-3-5-11(6-9)7-13-10(12)14-11/h8-9H,3-7H2,1-2H3,(H3,12,13,14). The highest BCUT2D eigenvalue weighted by molar-refractivity contribution is 5.80. The maximum absolute atomic E-state index is 5.70. The molecule has 0 aromatic heterocycles. The molecule has 1 aliphatic carbocycles. The average molecular weight is 195 g/mol. The van der Waals surface area contributed by atoms with Crippen LogP contribution in [0.3, 0.4) is 0 Å². The van der Waals surface area contributed by atoms with Crippen molar-refractivity contribution in [1.29, 1.82) is 0 Å². The molecule has 0 saturated heterocycles. The lowest BCUT2D eigenvalue weighted by Gasteiger charge is -2.39. The van der Waals surface area contributed by atoms with Gasteiger partial charge in [-0.1, -0.05) is 26.7 Å². The summed E-state index contributed by atoms with van der Waals surface area (Å²) in [6.07, 6.45) is 5.18. The van der Waals surface area contributed by atoms with E-state index in [4.69, 9.17) is 5.73 Å². The van der Waals surface area contributed by atoms with Crippen LogP contribution in [-0.2, 0) is 0 Å². The van der Waals surface area contributed by atoms with Gasteiger partial charge in [-0.2, -0.15) is 0 Å². The van der Waals surface area contributed by atoms with Gasteiger partial charge in [0.15, 0.2) is 5.96 Å². The molecule has 3 heteroatoms. The Morgan fingerprint density at radius 2 is 2.36 bits per heavy atom. The summed E-state index contributed by atoms with van der Waals surface area (Å²) in [5.41, 5.74) is 5.92. The summed E-state index contributed by atoms with van der Waals surface area (Å²) >= 11 is 0. The molecule has 0 aromatic rings. The first-order valence-corrected chi connectivity index (χ1v) is 5.69. The van der Waals surface area contributed by atoms with Gasteiger partial charge >= 0.3 is 0 Å². The predicted molar refractivity (Wildman–Crippen MR) is 59.2 cm³/mol. The zero-order chi connectivity index (χ0) is 10.2. The number of nitrogens with one attached hydrogen (secondary N) is 1. The highest BCUT2D eigenvalue weighted by Crippen LogP contribution is 2.37. The molecule has 1 aliphatic heterocycles. The molecule has 0 amide bonds. The first-order valence-electron chi connectivity index (χ1n) is 5.69. The summed E-state index contributed by atoms with van der Waals surface area (Å²) in [7, 11) is 0. The molecule has 14 heavy (non-hydrogen) atoms. The number of hydrogen-bond donors (Lipinski definition) is 2. The molecule has 0 aromatic carbocycles. The van der Waals surface area contributed by atoms with E-state index in [0.29, 0.717) is 5.96 Å². The van der Waals surface area contributed by atoms with Gasteiger partial charge in [0, 0.05) is 0 Å². The number of nitrogens with two attached hydrogens (primary N) is 1. The van der Waals surface area contributed by atoms with Crippen molar-refractivity contribution in [3.63, 3.8) is 0 Å². The molecular weight excluding hydrogens is 174 g/mol. The average Bonchev–Trinajstić information content (AvgIpc) is 2.47.